The largest absolute Gasteiger partial charge is 0.387 e. The van der Waals surface area contributed by atoms with E-state index in [0.717, 1.165) is 27.8 Å². The quantitative estimate of drug-likeness (QED) is 0.0292. The van der Waals surface area contributed by atoms with Gasteiger partial charge in [-0.2, -0.15) is 5.26 Å². The van der Waals surface area contributed by atoms with Crippen molar-refractivity contribution in [2.75, 3.05) is 51.2 Å². The van der Waals surface area contributed by atoms with Crippen molar-refractivity contribution < 1.29 is 39.4 Å². The number of aliphatic hydroxyl groups excluding tert-OH is 4. The number of hydrogen-bond donors (Lipinski definition) is 9. The molecule has 0 spiro atoms. The zero-order valence-electron chi connectivity index (χ0n) is 50.0. The molecule has 4 aromatic heterocycles. The van der Waals surface area contributed by atoms with Gasteiger partial charge in [0.05, 0.1) is 50.6 Å². The van der Waals surface area contributed by atoms with E-state index in [4.69, 9.17) is 49.9 Å². The SMILES string of the molecule is COC[C@H]1OC(n2cnc3c(NCC(c4ccccc4)c4ccccc4)nc(CNCc4ccc(C#N)cc4)nc32)C(O)C1O.COC[C@H]1O[C@@H](n2cnc3c(NCC(c4ccccc4)c4ccccc4)nc(CNCc4ccc(CN)cc4)nc32)[C@H](O)[C@@H]1O. The Bertz CT molecular complexity index is 3840. The summed E-state index contributed by atoms with van der Waals surface area (Å²) < 4.78 is 25.7. The minimum Gasteiger partial charge on any atom is -0.387 e. The van der Waals surface area contributed by atoms with Gasteiger partial charge in [-0.05, 0) is 51.1 Å². The molecule has 2 fully saturated rings. The molecule has 0 aliphatic carbocycles. The highest BCUT2D eigenvalue weighted by Crippen LogP contribution is 2.36. The maximum atomic E-state index is 10.9. The lowest BCUT2D eigenvalue weighted by Crippen LogP contribution is -2.33. The number of nitrogens with one attached hydrogen (secondary N) is 4. The molecule has 2 aliphatic heterocycles. The molecule has 10 N–H and O–H groups in total. The number of rotatable bonds is 25. The number of benzene rings is 6. The maximum Gasteiger partial charge on any atom is 0.168 e. The van der Waals surface area contributed by atoms with Gasteiger partial charge in [0.2, 0.25) is 0 Å². The third kappa shape index (κ3) is 14.7. The third-order valence-electron chi connectivity index (χ3n) is 16.1. The predicted molar refractivity (Wildman–Crippen MR) is 339 cm³/mol. The molecule has 0 saturated carbocycles. The van der Waals surface area contributed by atoms with Crippen molar-refractivity contribution in [2.24, 2.45) is 5.73 Å². The van der Waals surface area contributed by atoms with E-state index in [1.807, 2.05) is 97.1 Å². The summed E-state index contributed by atoms with van der Waals surface area (Å²) in [5, 5.41) is 66.0. The van der Waals surface area contributed by atoms with Gasteiger partial charge in [0, 0.05) is 58.8 Å². The number of nitrogens with two attached hydrogens (primary N) is 1. The molecule has 0 bridgehead atoms. The highest BCUT2D eigenvalue weighted by Gasteiger charge is 2.46. The summed E-state index contributed by atoms with van der Waals surface area (Å²) in [6, 6.07) is 59.0. The molecule has 6 heterocycles. The van der Waals surface area contributed by atoms with E-state index in [2.05, 4.69) is 98.0 Å². The maximum absolute atomic E-state index is 10.9. The van der Waals surface area contributed by atoms with Crippen LogP contribution in [0.2, 0.25) is 0 Å². The highest BCUT2D eigenvalue weighted by molar-refractivity contribution is 5.84. The number of imidazole rings is 2. The Morgan fingerprint density at radius 1 is 0.500 bits per heavy atom. The van der Waals surface area contributed by atoms with Crippen molar-refractivity contribution in [2.45, 2.75) is 93.6 Å². The molecule has 2 aliphatic rings. The Morgan fingerprint density at radius 2 is 0.867 bits per heavy atom. The van der Waals surface area contributed by atoms with Crippen LogP contribution < -0.4 is 27.0 Å². The molecule has 464 valence electrons. The summed E-state index contributed by atoms with van der Waals surface area (Å²) in [4.78, 5) is 28.7. The number of methoxy groups -OCH3 is 2. The zero-order valence-corrected chi connectivity index (χ0v) is 50.0. The van der Waals surface area contributed by atoms with Crippen LogP contribution in [0.5, 0.6) is 0 Å². The smallest absolute Gasteiger partial charge is 0.168 e. The molecule has 90 heavy (non-hydrogen) atoms. The van der Waals surface area contributed by atoms with Crippen molar-refractivity contribution in [3.63, 3.8) is 0 Å². The van der Waals surface area contributed by atoms with Crippen LogP contribution in [0.3, 0.4) is 0 Å². The molecule has 3 unspecified atom stereocenters. The number of ether oxygens (including phenoxy) is 4. The average Bonchev–Trinajstić information content (AvgIpc) is 1.66. The van der Waals surface area contributed by atoms with Gasteiger partial charge in [0.25, 0.3) is 0 Å². The first-order valence-electron chi connectivity index (χ1n) is 29.9. The van der Waals surface area contributed by atoms with Crippen molar-refractivity contribution in [1.82, 2.24) is 49.7 Å². The average molecular weight is 1220 g/mol. The molecule has 10 aromatic rings. The number of fused-ring (bicyclic) bond motifs is 2. The zero-order chi connectivity index (χ0) is 62.3. The lowest BCUT2D eigenvalue weighted by Gasteiger charge is -2.20. The van der Waals surface area contributed by atoms with Gasteiger partial charge in [-0.3, -0.25) is 9.13 Å². The van der Waals surface area contributed by atoms with Gasteiger partial charge < -0.3 is 66.4 Å². The van der Waals surface area contributed by atoms with Crippen LogP contribution in [0.25, 0.3) is 22.3 Å². The van der Waals surface area contributed by atoms with Crippen LogP contribution in [0.1, 0.15) is 80.4 Å². The monoisotopic (exact) mass is 1210 g/mol. The van der Waals surface area contributed by atoms with E-state index >= 15 is 0 Å². The molecule has 2 saturated heterocycles. The van der Waals surface area contributed by atoms with E-state index in [-0.39, 0.29) is 25.0 Å². The van der Waals surface area contributed by atoms with Crippen molar-refractivity contribution in [3.8, 4) is 6.07 Å². The number of aromatic nitrogens is 8. The molecule has 0 amide bonds. The van der Waals surface area contributed by atoms with Crippen LogP contribution in [-0.2, 0) is 51.7 Å². The molecular formula is C68H74N14O8. The van der Waals surface area contributed by atoms with E-state index in [9.17, 15) is 20.4 Å². The highest BCUT2D eigenvalue weighted by atomic mass is 16.6. The first-order valence-corrected chi connectivity index (χ1v) is 29.9. The van der Waals surface area contributed by atoms with Crippen LogP contribution in [-0.4, -0.2) is 137 Å². The molecule has 8 atom stereocenters. The van der Waals surface area contributed by atoms with Crippen LogP contribution in [0, 0.1) is 11.3 Å². The van der Waals surface area contributed by atoms with Gasteiger partial charge in [0.15, 0.2) is 46.4 Å². The third-order valence-corrected chi connectivity index (χ3v) is 16.1. The second-order valence-corrected chi connectivity index (χ2v) is 22.2. The first kappa shape index (κ1) is 62.7. The molecule has 6 aromatic carbocycles. The standard InChI is InChI=1S/C34H39N7O4.C34H35N7O4/c2*1-44-20-27-30(42)31(43)34(45-27)41-21-38-29-32(37-18-26(24-8-4-2-5-9-24)25-10-6-3-7-11-25)39-28(40-33(29)41)19-36-17-23-14-12-22(16-35)13-15-23/h2-15,21,26-27,30-31,34,36,42-43H,16-20,35H2,1H3,(H,37,39,40);2-15,21,26-27,30-31,34,36,42-43H,17-20H2,1H3,(H,37,39,40)/t27-,30-,31-,34-;27-,30?,31?,34?/m11/s1. The van der Waals surface area contributed by atoms with Gasteiger partial charge in [-0.15, -0.1) is 0 Å². The fourth-order valence-corrected chi connectivity index (χ4v) is 11.3. The second-order valence-electron chi connectivity index (χ2n) is 22.2. The van der Waals surface area contributed by atoms with Crippen LogP contribution in [0.15, 0.2) is 183 Å². The lowest BCUT2D eigenvalue weighted by molar-refractivity contribution is -0.0580. The van der Waals surface area contributed by atoms with Crippen molar-refractivity contribution in [1.29, 1.82) is 5.26 Å². The molecule has 0 radical (unpaired) electrons. The fraction of sp³-hybridized carbons (Fsp3) is 0.309. The van der Waals surface area contributed by atoms with Crippen LogP contribution >= 0.6 is 0 Å². The summed E-state index contributed by atoms with van der Waals surface area (Å²) in [6.07, 6.45) is -4.68. The Kier molecular flexibility index (Phi) is 20.9. The van der Waals surface area contributed by atoms with E-state index in [1.165, 1.54) is 25.3 Å². The minimum atomic E-state index is -1.20. The topological polar surface area (TPSA) is 303 Å². The predicted octanol–water partition coefficient (Wildman–Crippen LogP) is 6.58. The van der Waals surface area contributed by atoms with Crippen molar-refractivity contribution >= 4 is 34.0 Å². The van der Waals surface area contributed by atoms with Crippen LogP contribution in [0.4, 0.5) is 11.6 Å². The number of anilines is 2. The van der Waals surface area contributed by atoms with Gasteiger partial charge in [-0.25, -0.2) is 29.9 Å². The summed E-state index contributed by atoms with van der Waals surface area (Å²) in [7, 11) is 3.04. The van der Waals surface area contributed by atoms with E-state index < -0.39 is 49.1 Å². The van der Waals surface area contributed by atoms with Gasteiger partial charge >= 0.3 is 0 Å². The van der Waals surface area contributed by atoms with Gasteiger partial charge in [0.1, 0.15) is 48.3 Å². The number of hydrogen-bond acceptors (Lipinski definition) is 20. The van der Waals surface area contributed by atoms with E-state index in [1.54, 1.807) is 33.9 Å². The first-order chi connectivity index (χ1) is 44.1. The number of nitrogens with zero attached hydrogens (tertiary/aromatic N) is 9. The Hall–Kier alpha value is -8.93. The van der Waals surface area contributed by atoms with Crippen molar-refractivity contribution in [3.05, 3.63) is 239 Å². The minimum absolute atomic E-state index is 0.0439. The summed E-state index contributed by atoms with van der Waals surface area (Å²) in [5.74, 6) is 2.28. The fourth-order valence-electron chi connectivity index (χ4n) is 11.3. The summed E-state index contributed by atoms with van der Waals surface area (Å²) in [6.45, 7) is 3.79. The van der Waals surface area contributed by atoms with E-state index in [0.29, 0.717) is 97.0 Å². The van der Waals surface area contributed by atoms with Gasteiger partial charge in [-0.1, -0.05) is 158 Å². The molecule has 12 rings (SSSR count). The normalized spacial score (nSPS) is 19.7. The second kappa shape index (κ2) is 30.0. The lowest BCUT2D eigenvalue weighted by atomic mass is 9.91. The molecular weight excluding hydrogens is 1140 g/mol. The molecule has 22 nitrogen and oxygen atoms in total. The number of aliphatic hydroxyl groups is 4. The summed E-state index contributed by atoms with van der Waals surface area (Å²) >= 11 is 0. The summed E-state index contributed by atoms with van der Waals surface area (Å²) in [5.41, 5.74) is 16.3. The number of nitriles is 1. The Labute approximate surface area is 521 Å². The molecule has 22 heteroatoms. The Balaban J connectivity index is 0.000000185. The Morgan fingerprint density at radius 3 is 1.22 bits per heavy atom.